The molecule has 2 heterocycles. The molecule has 144 valence electrons. The molecule has 4 rings (SSSR count). The summed E-state index contributed by atoms with van der Waals surface area (Å²) in [5, 5.41) is 9.97. The van der Waals surface area contributed by atoms with Crippen molar-refractivity contribution in [3.05, 3.63) is 35.9 Å². The van der Waals surface area contributed by atoms with E-state index in [1.54, 1.807) is 4.90 Å². The Balaban J connectivity index is 1.66. The molecule has 0 spiro atoms. The van der Waals surface area contributed by atoms with E-state index in [1.807, 2.05) is 30.3 Å². The second-order valence-corrected chi connectivity index (χ2v) is 13.8. The van der Waals surface area contributed by atoms with Gasteiger partial charge in [-0.2, -0.15) is 0 Å². The van der Waals surface area contributed by atoms with Gasteiger partial charge in [-0.3, -0.25) is 4.90 Å². The largest absolute Gasteiger partial charge is 0.445 e. The Morgan fingerprint density at radius 2 is 1.92 bits per heavy atom. The Labute approximate surface area is 157 Å². The molecule has 1 aliphatic carbocycles. The first-order valence-corrected chi connectivity index (χ1v) is 12.3. The summed E-state index contributed by atoms with van der Waals surface area (Å²) in [6.07, 6.45) is 0.573. The number of hydrogen-bond acceptors (Lipinski definition) is 4. The van der Waals surface area contributed by atoms with Crippen LogP contribution in [0.25, 0.3) is 0 Å². The van der Waals surface area contributed by atoms with Gasteiger partial charge in [-0.15, -0.1) is 0 Å². The lowest BCUT2D eigenvalue weighted by atomic mass is 9.80. The number of aliphatic hydroxyl groups excluding tert-OH is 1. The van der Waals surface area contributed by atoms with E-state index in [2.05, 4.69) is 33.9 Å². The van der Waals surface area contributed by atoms with Crippen LogP contribution in [0.1, 0.15) is 32.8 Å². The van der Waals surface area contributed by atoms with Gasteiger partial charge in [0, 0.05) is 5.92 Å². The molecule has 1 amide bonds. The lowest BCUT2D eigenvalue weighted by Crippen LogP contribution is -2.54. The van der Waals surface area contributed by atoms with E-state index >= 15 is 0 Å². The smallest absolute Gasteiger partial charge is 0.410 e. The van der Waals surface area contributed by atoms with Crippen LogP contribution in [-0.2, 0) is 15.8 Å². The fraction of sp³-hybridized carbons (Fsp3) is 0.650. The van der Waals surface area contributed by atoms with Crippen LogP contribution in [0.3, 0.4) is 0 Å². The fourth-order valence-electron chi connectivity index (χ4n) is 3.71. The summed E-state index contributed by atoms with van der Waals surface area (Å²) in [6.45, 7) is 11.3. The summed E-state index contributed by atoms with van der Waals surface area (Å²) in [7, 11) is -1.92. The molecule has 4 atom stereocenters. The van der Waals surface area contributed by atoms with Crippen molar-refractivity contribution in [2.24, 2.45) is 5.92 Å². The molecule has 2 bridgehead atoms. The summed E-state index contributed by atoms with van der Waals surface area (Å²) in [5.41, 5.74) is 0.960. The number of hydrogen-bond donors (Lipinski definition) is 1. The maximum absolute atomic E-state index is 12.7. The molecular weight excluding hydrogens is 346 g/mol. The van der Waals surface area contributed by atoms with Crippen molar-refractivity contribution in [2.45, 2.75) is 70.1 Å². The number of fused-ring (bicyclic) bond motifs is 1. The first-order valence-electron chi connectivity index (χ1n) is 9.43. The SMILES string of the molecule is CC(C)(C)[Si](C)(C)O[C@H]1[C@@H]2C[C@H]1N(C(=O)OCc1ccccc1)[C@H]2CO. The zero-order valence-electron chi connectivity index (χ0n) is 16.4. The molecule has 0 unspecified atom stereocenters. The molecule has 1 aromatic rings. The summed E-state index contributed by atoms with van der Waals surface area (Å²) in [4.78, 5) is 14.4. The zero-order chi connectivity index (χ0) is 19.1. The number of amides is 1. The highest BCUT2D eigenvalue weighted by atomic mass is 28.4. The average molecular weight is 378 g/mol. The van der Waals surface area contributed by atoms with Gasteiger partial charge in [-0.25, -0.2) is 4.79 Å². The number of ether oxygens (including phenoxy) is 1. The van der Waals surface area contributed by atoms with Crippen molar-refractivity contribution >= 4 is 14.4 Å². The molecule has 26 heavy (non-hydrogen) atoms. The normalized spacial score (nSPS) is 28.0. The van der Waals surface area contributed by atoms with E-state index in [4.69, 9.17) is 9.16 Å². The van der Waals surface area contributed by atoms with E-state index < -0.39 is 8.32 Å². The van der Waals surface area contributed by atoms with Gasteiger partial charge in [-0.1, -0.05) is 51.1 Å². The van der Waals surface area contributed by atoms with Crippen LogP contribution in [0.4, 0.5) is 4.79 Å². The number of aliphatic hydroxyl groups is 1. The summed E-state index contributed by atoms with van der Waals surface area (Å²) in [5.74, 6) is 0.211. The van der Waals surface area contributed by atoms with Gasteiger partial charge < -0.3 is 14.3 Å². The van der Waals surface area contributed by atoms with Gasteiger partial charge in [0.15, 0.2) is 8.32 Å². The molecule has 1 saturated carbocycles. The Morgan fingerprint density at radius 1 is 1.27 bits per heavy atom. The van der Waals surface area contributed by atoms with Gasteiger partial charge in [0.25, 0.3) is 0 Å². The van der Waals surface area contributed by atoms with Gasteiger partial charge >= 0.3 is 6.09 Å². The molecule has 3 fully saturated rings. The van der Waals surface area contributed by atoms with Crippen LogP contribution in [-0.4, -0.2) is 49.2 Å². The Kier molecular flexibility index (Phi) is 5.21. The fourth-order valence-corrected chi connectivity index (χ4v) is 5.07. The standard InChI is InChI=1S/C20H31NO4Si/c1-20(2,3)26(4,5)25-18-15-11-16(18)21(17(15)12-22)19(23)24-13-14-9-7-6-8-10-14/h6-10,15-18,22H,11-13H2,1-5H3/t15-,16-,17+,18+/m1/s1. The van der Waals surface area contributed by atoms with Crippen LogP contribution >= 0.6 is 0 Å². The van der Waals surface area contributed by atoms with Crippen molar-refractivity contribution in [3.63, 3.8) is 0 Å². The van der Waals surface area contributed by atoms with Crippen LogP contribution in [0, 0.1) is 5.92 Å². The summed E-state index contributed by atoms with van der Waals surface area (Å²) < 4.78 is 12.1. The maximum Gasteiger partial charge on any atom is 0.410 e. The molecule has 2 aliphatic heterocycles. The van der Waals surface area contributed by atoms with Crippen LogP contribution in [0.2, 0.25) is 18.1 Å². The molecule has 0 aromatic heterocycles. The van der Waals surface area contributed by atoms with Gasteiger partial charge in [-0.05, 0) is 30.1 Å². The second-order valence-electron chi connectivity index (χ2n) is 9.01. The molecule has 6 heteroatoms. The lowest BCUT2D eigenvalue weighted by molar-refractivity contribution is 0.0260. The third-order valence-corrected chi connectivity index (χ3v) is 10.8. The van der Waals surface area contributed by atoms with Crippen molar-refractivity contribution in [1.82, 2.24) is 4.90 Å². The van der Waals surface area contributed by atoms with E-state index in [0.29, 0.717) is 0 Å². The minimum Gasteiger partial charge on any atom is -0.445 e. The second kappa shape index (κ2) is 6.98. The Morgan fingerprint density at radius 3 is 2.50 bits per heavy atom. The van der Waals surface area contributed by atoms with E-state index in [1.165, 1.54) is 0 Å². The van der Waals surface area contributed by atoms with Crippen molar-refractivity contribution in [2.75, 3.05) is 6.61 Å². The predicted octanol–water partition coefficient (Wildman–Crippen LogP) is 3.78. The highest BCUT2D eigenvalue weighted by molar-refractivity contribution is 6.74. The van der Waals surface area contributed by atoms with Gasteiger partial charge in [0.2, 0.25) is 0 Å². The van der Waals surface area contributed by atoms with Crippen molar-refractivity contribution in [1.29, 1.82) is 0 Å². The van der Waals surface area contributed by atoms with Crippen molar-refractivity contribution < 1.29 is 19.1 Å². The Hall–Kier alpha value is -1.37. The number of carbonyl (C=O) groups excluding carboxylic acids is 1. The molecule has 3 aliphatic rings. The third kappa shape index (κ3) is 3.42. The van der Waals surface area contributed by atoms with E-state index in [0.717, 1.165) is 12.0 Å². The minimum atomic E-state index is -1.92. The predicted molar refractivity (Wildman–Crippen MR) is 103 cm³/mol. The molecule has 2 saturated heterocycles. The van der Waals surface area contributed by atoms with E-state index in [-0.39, 0.29) is 48.5 Å². The van der Waals surface area contributed by atoms with Crippen LogP contribution in [0.15, 0.2) is 30.3 Å². The zero-order valence-corrected chi connectivity index (χ0v) is 17.4. The quantitative estimate of drug-likeness (QED) is 0.794. The molecule has 1 N–H and O–H groups in total. The number of benzene rings is 1. The number of nitrogens with zero attached hydrogens (tertiary/aromatic N) is 1. The molecule has 5 nitrogen and oxygen atoms in total. The van der Waals surface area contributed by atoms with Gasteiger partial charge in [0.05, 0.1) is 24.8 Å². The van der Waals surface area contributed by atoms with E-state index in [9.17, 15) is 9.90 Å². The summed E-state index contributed by atoms with van der Waals surface area (Å²) >= 11 is 0. The number of rotatable bonds is 5. The first kappa shape index (κ1) is 19.4. The highest BCUT2D eigenvalue weighted by Gasteiger charge is 2.62. The van der Waals surface area contributed by atoms with Crippen molar-refractivity contribution in [3.8, 4) is 0 Å². The maximum atomic E-state index is 12.7. The van der Waals surface area contributed by atoms with Crippen LogP contribution < -0.4 is 0 Å². The first-order chi connectivity index (χ1) is 12.2. The number of carbonyl (C=O) groups is 1. The molecule has 0 radical (unpaired) electrons. The average Bonchev–Trinajstić information content (AvgIpc) is 3.11. The summed E-state index contributed by atoms with van der Waals surface area (Å²) in [6, 6.07) is 9.48. The third-order valence-electron chi connectivity index (χ3n) is 6.36. The minimum absolute atomic E-state index is 0.0227. The van der Waals surface area contributed by atoms with Gasteiger partial charge in [0.1, 0.15) is 6.61 Å². The highest BCUT2D eigenvalue weighted by Crippen LogP contribution is 2.51. The Bertz CT molecular complexity index is 643. The lowest BCUT2D eigenvalue weighted by Gasteiger charge is -2.45. The van der Waals surface area contributed by atoms with Crippen LogP contribution in [0.5, 0.6) is 0 Å². The molecular formula is C20H31NO4Si. The monoisotopic (exact) mass is 377 g/mol. The topological polar surface area (TPSA) is 59.0 Å². The molecule has 1 aromatic carbocycles.